The predicted molar refractivity (Wildman–Crippen MR) is 230 cm³/mol. The highest BCUT2D eigenvalue weighted by molar-refractivity contribution is 7.14. The zero-order valence-electron chi connectivity index (χ0n) is 34.2. The van der Waals surface area contributed by atoms with Crippen molar-refractivity contribution in [1.82, 2.24) is 9.80 Å². The van der Waals surface area contributed by atoms with E-state index in [0.717, 1.165) is 55.6 Å². The largest absolute Gasteiger partial charge is 0.481 e. The normalized spacial score (nSPS) is 14.9. The summed E-state index contributed by atoms with van der Waals surface area (Å²) >= 11 is 3.16. The van der Waals surface area contributed by atoms with Crippen molar-refractivity contribution >= 4 is 62.4 Å². The fourth-order valence-corrected chi connectivity index (χ4v) is 9.04. The Balaban J connectivity index is 0.000000208. The summed E-state index contributed by atoms with van der Waals surface area (Å²) in [6, 6.07) is 17.7. The van der Waals surface area contributed by atoms with Gasteiger partial charge < -0.3 is 32.8 Å². The van der Waals surface area contributed by atoms with Gasteiger partial charge >= 0.3 is 17.2 Å². The van der Waals surface area contributed by atoms with Crippen molar-refractivity contribution in [2.45, 2.75) is 66.1 Å². The number of ether oxygens (including phenoxy) is 3. The molecule has 0 spiro atoms. The number of fused-ring (bicyclic) bond motifs is 2. The van der Waals surface area contributed by atoms with Gasteiger partial charge in [0.05, 0.1) is 13.0 Å². The molecule has 5 heterocycles. The summed E-state index contributed by atoms with van der Waals surface area (Å²) in [4.78, 5) is 66.3. The van der Waals surface area contributed by atoms with Crippen molar-refractivity contribution in [2.75, 3.05) is 33.8 Å². The Morgan fingerprint density at radius 1 is 0.797 bits per heavy atom. The number of nitrogens with zero attached hydrogens (tertiary/aromatic N) is 2. The maximum atomic E-state index is 13.0. The first-order chi connectivity index (χ1) is 28.2. The molecule has 0 radical (unpaired) electrons. The van der Waals surface area contributed by atoms with Crippen LogP contribution in [0.2, 0.25) is 0 Å². The fraction of sp³-hybridized carbons (Fsp3) is 0.356. The Kier molecular flexibility index (Phi) is 13.7. The molecule has 12 nitrogen and oxygen atoms in total. The summed E-state index contributed by atoms with van der Waals surface area (Å²) in [5.74, 6) is 0.552. The Morgan fingerprint density at radius 2 is 1.32 bits per heavy atom. The summed E-state index contributed by atoms with van der Waals surface area (Å²) in [6.07, 6.45) is 0.722. The number of carbonyl (C=O) groups excluding carboxylic acids is 3. The second kappa shape index (κ2) is 18.9. The van der Waals surface area contributed by atoms with Crippen LogP contribution in [0, 0.1) is 19.8 Å². The number of amides is 2. The van der Waals surface area contributed by atoms with Gasteiger partial charge in [-0.3, -0.25) is 14.4 Å². The third-order valence-corrected chi connectivity index (χ3v) is 12.1. The minimum Gasteiger partial charge on any atom is -0.481 e. The molecule has 310 valence electrons. The van der Waals surface area contributed by atoms with E-state index in [4.69, 9.17) is 23.0 Å². The molecule has 3 atom stereocenters. The van der Waals surface area contributed by atoms with Gasteiger partial charge in [0.1, 0.15) is 22.7 Å². The van der Waals surface area contributed by atoms with Crippen molar-refractivity contribution in [3.8, 4) is 32.4 Å². The summed E-state index contributed by atoms with van der Waals surface area (Å²) < 4.78 is 27.5. The number of hydrogen-bond donors (Lipinski definition) is 0. The SMILES string of the molecule is CCOC(=O)C[C@H]1CCCN(C(=O)C(C)Oc2ccc3c(-c4sccc4C)cc(=O)oc3c2)C1.Cc1ccsc1-c1cc(=O)oc2cc(OC(C)C(=O)N(C)C)ccc12. The standard InChI is InChI=1S/C26H29NO6S.C19H19NO4S/c1-4-31-23(28)12-18-6-5-10-27(15-18)26(30)17(3)32-19-7-8-20-21(25-16(2)9-11-34-25)14-24(29)33-22(20)13-19;1-11-7-8-25-18(11)15-10-17(21)24-16-9-13(5-6-14(15)16)23-12(2)19(22)20(3)4/h7-9,11,13-14,17-18H,4-6,10,12,15H2,1-3H3;5-10,12H,1-4H3/t17?,18-;/m1./s1. The van der Waals surface area contributed by atoms with Crippen molar-refractivity contribution in [2.24, 2.45) is 5.92 Å². The van der Waals surface area contributed by atoms with Crippen LogP contribution in [0.15, 0.2) is 89.8 Å². The molecule has 2 amide bonds. The molecular weight excluding hydrogens is 793 g/mol. The first-order valence-electron chi connectivity index (χ1n) is 19.5. The monoisotopic (exact) mass is 840 g/mol. The summed E-state index contributed by atoms with van der Waals surface area (Å²) in [6.45, 7) is 10.7. The molecule has 0 saturated carbocycles. The van der Waals surface area contributed by atoms with Crippen LogP contribution in [0.5, 0.6) is 11.5 Å². The number of aryl methyl sites for hydroxylation is 2. The average Bonchev–Trinajstić information content (AvgIpc) is 3.83. The van der Waals surface area contributed by atoms with Crippen LogP contribution in [-0.4, -0.2) is 73.6 Å². The van der Waals surface area contributed by atoms with Crippen molar-refractivity contribution < 1.29 is 37.4 Å². The van der Waals surface area contributed by atoms with Crippen LogP contribution >= 0.6 is 22.7 Å². The molecule has 1 aliphatic rings. The average molecular weight is 841 g/mol. The van der Waals surface area contributed by atoms with Gasteiger partial charge in [0, 0.05) is 83.1 Å². The second-order valence-electron chi connectivity index (χ2n) is 14.7. The number of likely N-dealkylation sites (tertiary alicyclic amines) is 1. The molecular formula is C45H48N2O10S2. The number of rotatable bonds is 11. The lowest BCUT2D eigenvalue weighted by atomic mass is 9.94. The minimum absolute atomic E-state index is 0.0954. The zero-order valence-corrected chi connectivity index (χ0v) is 35.8. The smallest absolute Gasteiger partial charge is 0.336 e. The van der Waals surface area contributed by atoms with Gasteiger partial charge in [-0.1, -0.05) is 0 Å². The number of esters is 1. The van der Waals surface area contributed by atoms with Crippen LogP contribution in [0.25, 0.3) is 42.8 Å². The summed E-state index contributed by atoms with van der Waals surface area (Å²) in [7, 11) is 3.36. The lowest BCUT2D eigenvalue weighted by Gasteiger charge is -2.34. The van der Waals surface area contributed by atoms with Gasteiger partial charge in [-0.25, -0.2) is 9.59 Å². The van der Waals surface area contributed by atoms with E-state index in [2.05, 4.69) is 0 Å². The maximum absolute atomic E-state index is 13.0. The number of piperidine rings is 1. The van der Waals surface area contributed by atoms with E-state index in [1.165, 1.54) is 17.0 Å². The summed E-state index contributed by atoms with van der Waals surface area (Å²) in [5, 5.41) is 5.64. The van der Waals surface area contributed by atoms with Crippen LogP contribution in [0.4, 0.5) is 0 Å². The lowest BCUT2D eigenvalue weighted by molar-refractivity contribution is -0.147. The third-order valence-electron chi connectivity index (χ3n) is 10.00. The molecule has 1 saturated heterocycles. The number of carbonyl (C=O) groups is 3. The Morgan fingerprint density at radius 3 is 1.80 bits per heavy atom. The molecule has 6 aromatic rings. The third kappa shape index (κ3) is 10.3. The van der Waals surface area contributed by atoms with Crippen molar-refractivity contribution in [3.63, 3.8) is 0 Å². The van der Waals surface area contributed by atoms with E-state index < -0.39 is 23.5 Å². The molecule has 14 heteroatoms. The van der Waals surface area contributed by atoms with E-state index in [-0.39, 0.29) is 23.7 Å². The van der Waals surface area contributed by atoms with Gasteiger partial charge in [-0.15, -0.1) is 22.7 Å². The van der Waals surface area contributed by atoms with Crippen LogP contribution in [0.3, 0.4) is 0 Å². The van der Waals surface area contributed by atoms with E-state index in [1.54, 1.807) is 86.7 Å². The Labute approximate surface area is 349 Å². The van der Waals surface area contributed by atoms with Crippen LogP contribution < -0.4 is 20.7 Å². The minimum atomic E-state index is -0.715. The van der Waals surface area contributed by atoms with Gasteiger partial charge in [0.2, 0.25) is 0 Å². The lowest BCUT2D eigenvalue weighted by Crippen LogP contribution is -2.46. The topological polar surface area (TPSA) is 146 Å². The predicted octanol–water partition coefficient (Wildman–Crippen LogP) is 8.47. The molecule has 1 aliphatic heterocycles. The van der Waals surface area contributed by atoms with Crippen molar-refractivity contribution in [3.05, 3.63) is 103 Å². The van der Waals surface area contributed by atoms with E-state index >= 15 is 0 Å². The van der Waals surface area contributed by atoms with E-state index in [9.17, 15) is 24.0 Å². The number of likely N-dealkylation sites (N-methyl/N-ethyl adjacent to an activating group) is 1. The van der Waals surface area contributed by atoms with Gasteiger partial charge in [0.15, 0.2) is 12.2 Å². The molecule has 0 aliphatic carbocycles. The molecule has 0 bridgehead atoms. The number of benzene rings is 2. The maximum Gasteiger partial charge on any atom is 0.336 e. The van der Waals surface area contributed by atoms with Gasteiger partial charge in [-0.2, -0.15) is 0 Å². The molecule has 2 aromatic carbocycles. The molecule has 1 fully saturated rings. The second-order valence-corrected chi connectivity index (χ2v) is 16.5. The highest BCUT2D eigenvalue weighted by Crippen LogP contribution is 2.36. The molecule has 4 aromatic heterocycles. The molecule has 59 heavy (non-hydrogen) atoms. The first kappa shape index (κ1) is 42.9. The number of thiophene rings is 2. The Hall–Kier alpha value is -5.73. The molecule has 0 N–H and O–H groups in total. The first-order valence-corrected chi connectivity index (χ1v) is 21.2. The Bertz CT molecular complexity index is 2590. The van der Waals surface area contributed by atoms with Gasteiger partial charge in [0.25, 0.3) is 11.8 Å². The summed E-state index contributed by atoms with van der Waals surface area (Å²) in [5.41, 5.74) is 3.90. The molecule has 7 rings (SSSR count). The van der Waals surface area contributed by atoms with Crippen molar-refractivity contribution in [1.29, 1.82) is 0 Å². The molecule has 2 unspecified atom stereocenters. The highest BCUT2D eigenvalue weighted by atomic mass is 32.1. The highest BCUT2D eigenvalue weighted by Gasteiger charge is 2.29. The van der Waals surface area contributed by atoms with E-state index in [0.29, 0.717) is 48.8 Å². The van der Waals surface area contributed by atoms with Crippen LogP contribution in [-0.2, 0) is 19.1 Å². The fourth-order valence-electron chi connectivity index (χ4n) is 7.12. The number of hydrogen-bond acceptors (Lipinski definition) is 12. The van der Waals surface area contributed by atoms with Crippen LogP contribution in [0.1, 0.15) is 51.2 Å². The van der Waals surface area contributed by atoms with E-state index in [1.807, 2.05) is 48.9 Å². The van der Waals surface area contributed by atoms with Gasteiger partial charge in [-0.05, 0) is 112 Å². The zero-order chi connectivity index (χ0) is 42.4. The quantitative estimate of drug-likeness (QED) is 0.0920.